The number of hydrogen-bond donors (Lipinski definition) is 2. The topological polar surface area (TPSA) is 62.3 Å². The summed E-state index contributed by atoms with van der Waals surface area (Å²) in [5.74, 6) is -0.447. The lowest BCUT2D eigenvalue weighted by Gasteiger charge is -2.07. The normalized spacial score (nSPS) is 11.7. The Morgan fingerprint density at radius 2 is 1.83 bits per heavy atom. The van der Waals surface area contributed by atoms with Crippen molar-refractivity contribution in [3.8, 4) is 16.9 Å². The largest absolute Gasteiger partial charge is 0.488 e. The first kappa shape index (κ1) is 20.0. The summed E-state index contributed by atoms with van der Waals surface area (Å²) < 4.78 is 46.2. The highest BCUT2D eigenvalue weighted by Crippen LogP contribution is 2.43. The van der Waals surface area contributed by atoms with Crippen LogP contribution in [0.4, 0.5) is 13.2 Å². The Morgan fingerprint density at radius 1 is 1.07 bits per heavy atom. The molecule has 0 unspecified atom stereocenters. The van der Waals surface area contributed by atoms with Crippen molar-refractivity contribution in [2.45, 2.75) is 19.2 Å². The molecule has 0 radical (unpaired) electrons. The lowest BCUT2D eigenvalue weighted by molar-refractivity contribution is -0.136. The second kappa shape index (κ2) is 7.87. The molecule has 30 heavy (non-hydrogen) atoms. The molecule has 0 amide bonds. The number of carboxylic acid groups (broad SMARTS) is 1. The van der Waals surface area contributed by atoms with E-state index in [2.05, 4.69) is 4.98 Å². The molecule has 0 aliphatic rings. The summed E-state index contributed by atoms with van der Waals surface area (Å²) >= 11 is 0.674. The number of rotatable bonds is 6. The number of carbonyl (C=O) groups is 1. The Hall–Kier alpha value is -3.26. The van der Waals surface area contributed by atoms with Gasteiger partial charge in [0.15, 0.2) is 0 Å². The summed E-state index contributed by atoms with van der Waals surface area (Å²) in [6, 6.07) is 16.9. The smallest absolute Gasteiger partial charge is 0.426 e. The van der Waals surface area contributed by atoms with Crippen molar-refractivity contribution in [1.29, 1.82) is 0 Å². The van der Waals surface area contributed by atoms with E-state index in [-0.39, 0.29) is 18.6 Å². The highest BCUT2D eigenvalue weighted by atomic mass is 32.1. The Kier molecular flexibility index (Phi) is 5.26. The van der Waals surface area contributed by atoms with Crippen molar-refractivity contribution >= 4 is 28.2 Å². The molecule has 0 aliphatic carbocycles. The SMILES string of the molecule is O=C(O)Cc1cc2cc(OCc3cc(-c4ccccc4)c(C(F)(F)F)s3)ccc2[nH]1. The number of aromatic amines is 1. The molecule has 4 rings (SSSR count). The van der Waals surface area contributed by atoms with Gasteiger partial charge in [-0.25, -0.2) is 0 Å². The third-order valence-corrected chi connectivity index (χ3v) is 5.65. The highest BCUT2D eigenvalue weighted by molar-refractivity contribution is 7.12. The van der Waals surface area contributed by atoms with Crippen LogP contribution in [0.3, 0.4) is 0 Å². The fourth-order valence-corrected chi connectivity index (χ4v) is 4.19. The van der Waals surface area contributed by atoms with E-state index >= 15 is 0 Å². The van der Waals surface area contributed by atoms with Crippen molar-refractivity contribution in [2.24, 2.45) is 0 Å². The second-order valence-electron chi connectivity index (χ2n) is 6.72. The Morgan fingerprint density at radius 3 is 2.53 bits per heavy atom. The quantitative estimate of drug-likeness (QED) is 0.387. The second-order valence-corrected chi connectivity index (χ2v) is 7.86. The van der Waals surface area contributed by atoms with Gasteiger partial charge in [-0.1, -0.05) is 30.3 Å². The number of nitrogens with one attached hydrogen (secondary N) is 1. The summed E-state index contributed by atoms with van der Waals surface area (Å²) in [4.78, 5) is 13.7. The van der Waals surface area contributed by atoms with Gasteiger partial charge in [-0.2, -0.15) is 13.2 Å². The molecule has 0 bridgehead atoms. The van der Waals surface area contributed by atoms with Gasteiger partial charge in [0.25, 0.3) is 0 Å². The number of ether oxygens (including phenoxy) is 1. The van der Waals surface area contributed by atoms with Crippen LogP contribution in [-0.2, 0) is 24.0 Å². The molecule has 0 saturated carbocycles. The number of H-pyrrole nitrogens is 1. The summed E-state index contributed by atoms with van der Waals surface area (Å²) in [6.45, 7) is -0.00150. The van der Waals surface area contributed by atoms with Crippen LogP contribution in [0.1, 0.15) is 15.4 Å². The van der Waals surface area contributed by atoms with Crippen molar-refractivity contribution in [3.05, 3.63) is 76.1 Å². The molecule has 4 nitrogen and oxygen atoms in total. The molecule has 0 aliphatic heterocycles. The molecule has 2 aromatic heterocycles. The first-order chi connectivity index (χ1) is 14.3. The van der Waals surface area contributed by atoms with E-state index in [1.807, 2.05) is 0 Å². The van der Waals surface area contributed by atoms with E-state index < -0.39 is 17.0 Å². The number of carboxylic acids is 1. The zero-order chi connectivity index (χ0) is 21.3. The minimum atomic E-state index is -4.45. The number of thiophene rings is 1. The number of benzene rings is 2. The van der Waals surface area contributed by atoms with Crippen molar-refractivity contribution < 1.29 is 27.8 Å². The van der Waals surface area contributed by atoms with Crippen molar-refractivity contribution in [1.82, 2.24) is 4.98 Å². The number of alkyl halides is 3. The molecule has 8 heteroatoms. The molecule has 4 aromatic rings. The van der Waals surface area contributed by atoms with E-state index in [4.69, 9.17) is 9.84 Å². The van der Waals surface area contributed by atoms with Gasteiger partial charge in [-0.3, -0.25) is 4.79 Å². The van der Waals surface area contributed by atoms with Crippen LogP contribution in [0.15, 0.2) is 60.7 Å². The summed E-state index contributed by atoms with van der Waals surface area (Å²) in [5.41, 5.74) is 1.98. The lowest BCUT2D eigenvalue weighted by atomic mass is 10.1. The van der Waals surface area contributed by atoms with Gasteiger partial charge < -0.3 is 14.8 Å². The molecular weight excluding hydrogens is 415 g/mol. The monoisotopic (exact) mass is 431 g/mol. The molecule has 0 fully saturated rings. The van der Waals surface area contributed by atoms with Gasteiger partial charge >= 0.3 is 12.1 Å². The zero-order valence-corrected chi connectivity index (χ0v) is 16.3. The maximum atomic E-state index is 13.5. The molecule has 0 atom stereocenters. The van der Waals surface area contributed by atoms with Crippen LogP contribution in [-0.4, -0.2) is 16.1 Å². The van der Waals surface area contributed by atoms with Gasteiger partial charge in [-0.05, 0) is 35.9 Å². The van der Waals surface area contributed by atoms with Gasteiger partial charge in [0, 0.05) is 27.0 Å². The van der Waals surface area contributed by atoms with Gasteiger partial charge in [0.1, 0.15) is 17.2 Å². The van der Waals surface area contributed by atoms with Gasteiger partial charge in [0.2, 0.25) is 0 Å². The molecule has 2 aromatic carbocycles. The van der Waals surface area contributed by atoms with E-state index in [0.29, 0.717) is 33.2 Å². The minimum Gasteiger partial charge on any atom is -0.488 e. The maximum absolute atomic E-state index is 13.5. The van der Waals surface area contributed by atoms with Crippen LogP contribution < -0.4 is 4.74 Å². The predicted octanol–water partition coefficient (Wildman–Crippen LogP) is 6.12. The number of aromatic nitrogens is 1. The third-order valence-electron chi connectivity index (χ3n) is 4.50. The molecule has 154 valence electrons. The lowest BCUT2D eigenvalue weighted by Crippen LogP contribution is -2.03. The minimum absolute atomic E-state index is 0.00150. The van der Waals surface area contributed by atoms with E-state index in [9.17, 15) is 18.0 Å². The van der Waals surface area contributed by atoms with Crippen LogP contribution in [0.2, 0.25) is 0 Å². The zero-order valence-electron chi connectivity index (χ0n) is 15.5. The van der Waals surface area contributed by atoms with E-state index in [1.54, 1.807) is 54.6 Å². The molecule has 2 N–H and O–H groups in total. The number of aliphatic carboxylic acids is 1. The molecule has 0 spiro atoms. The van der Waals surface area contributed by atoms with Crippen LogP contribution >= 0.6 is 11.3 Å². The van der Waals surface area contributed by atoms with Crippen LogP contribution in [0.25, 0.3) is 22.0 Å². The van der Waals surface area contributed by atoms with Crippen molar-refractivity contribution in [3.63, 3.8) is 0 Å². The highest BCUT2D eigenvalue weighted by Gasteiger charge is 2.36. The first-order valence-corrected chi connectivity index (χ1v) is 9.83. The number of hydrogen-bond acceptors (Lipinski definition) is 3. The fraction of sp³-hybridized carbons (Fsp3) is 0.136. The van der Waals surface area contributed by atoms with E-state index in [1.165, 1.54) is 6.07 Å². The number of fused-ring (bicyclic) bond motifs is 1. The first-order valence-electron chi connectivity index (χ1n) is 9.01. The third kappa shape index (κ3) is 4.33. The summed E-state index contributed by atoms with van der Waals surface area (Å²) in [7, 11) is 0. The molecular formula is C22H16F3NO3S. The summed E-state index contributed by atoms with van der Waals surface area (Å²) in [5, 5.41) is 9.67. The van der Waals surface area contributed by atoms with Gasteiger partial charge in [-0.15, -0.1) is 11.3 Å². The number of halogens is 3. The molecule has 2 heterocycles. The van der Waals surface area contributed by atoms with Crippen LogP contribution in [0, 0.1) is 0 Å². The van der Waals surface area contributed by atoms with Gasteiger partial charge in [0.05, 0.1) is 6.42 Å². The predicted molar refractivity (Wildman–Crippen MR) is 109 cm³/mol. The Balaban J connectivity index is 1.56. The fourth-order valence-electron chi connectivity index (χ4n) is 3.23. The molecule has 0 saturated heterocycles. The summed E-state index contributed by atoms with van der Waals surface area (Å²) in [6.07, 6.45) is -4.57. The average molecular weight is 431 g/mol. The Labute approximate surface area is 173 Å². The maximum Gasteiger partial charge on any atom is 0.426 e. The Bertz CT molecular complexity index is 1200. The average Bonchev–Trinajstić information content (AvgIpc) is 3.29. The standard InChI is InChI=1S/C22H16F3NO3S/c23-22(24,25)21-18(13-4-2-1-3-5-13)11-17(30-21)12-29-16-6-7-19-14(9-16)8-15(26-19)10-20(27)28/h1-9,11,26H,10,12H2,(H,27,28). The van der Waals surface area contributed by atoms with Crippen LogP contribution in [0.5, 0.6) is 5.75 Å². The van der Waals surface area contributed by atoms with Crippen molar-refractivity contribution in [2.75, 3.05) is 0 Å². The van der Waals surface area contributed by atoms with E-state index in [0.717, 1.165) is 10.9 Å².